The summed E-state index contributed by atoms with van der Waals surface area (Å²) in [6.45, 7) is 4.28. The second-order valence-electron chi connectivity index (χ2n) is 6.26. The molecule has 114 valence electrons. The maximum absolute atomic E-state index is 11.4. The van der Waals surface area contributed by atoms with Crippen LogP contribution >= 0.6 is 15.9 Å². The van der Waals surface area contributed by atoms with Crippen LogP contribution in [0.4, 0.5) is 0 Å². The second kappa shape index (κ2) is 6.93. The van der Waals surface area contributed by atoms with E-state index < -0.39 is 0 Å². The molecule has 0 aliphatic carbocycles. The van der Waals surface area contributed by atoms with E-state index in [0.29, 0.717) is 12.3 Å². The van der Waals surface area contributed by atoms with E-state index in [9.17, 15) is 4.79 Å². The number of hydrogen-bond acceptors (Lipinski definition) is 2. The molecule has 1 fully saturated rings. The largest absolute Gasteiger partial charge is 0.356 e. The van der Waals surface area contributed by atoms with Gasteiger partial charge in [-0.25, -0.2) is 0 Å². The summed E-state index contributed by atoms with van der Waals surface area (Å²) in [6, 6.07) is 6.68. The minimum absolute atomic E-state index is 0.227. The Morgan fingerprint density at radius 2 is 1.95 bits per heavy atom. The first-order valence-corrected chi connectivity index (χ1v) is 8.76. The van der Waals surface area contributed by atoms with Gasteiger partial charge in [0.25, 0.3) is 0 Å². The van der Waals surface area contributed by atoms with Crippen LogP contribution < -0.4 is 5.32 Å². The average Bonchev–Trinajstić information content (AvgIpc) is 2.79. The van der Waals surface area contributed by atoms with Crippen molar-refractivity contribution >= 4 is 21.8 Å². The molecule has 1 aromatic carbocycles. The highest BCUT2D eigenvalue weighted by molar-refractivity contribution is 9.10. The summed E-state index contributed by atoms with van der Waals surface area (Å²) < 4.78 is 1.18. The lowest BCUT2D eigenvalue weighted by molar-refractivity contribution is -0.120. The molecule has 0 aromatic heterocycles. The number of nitrogens with zero attached hydrogens (tertiary/aromatic N) is 1. The number of carbonyl (C=O) groups excluding carboxylic acids is 1. The van der Waals surface area contributed by atoms with E-state index in [4.69, 9.17) is 0 Å². The zero-order chi connectivity index (χ0) is 14.7. The van der Waals surface area contributed by atoms with Crippen molar-refractivity contribution in [1.29, 1.82) is 0 Å². The standard InChI is InChI=1S/C17H23BrN2O/c18-16-3-2-14-6-9-20(10-7-15(14)11-16)12-13-1-4-17(21)19-8-5-13/h2-3,11,13H,1,4-10,12H2,(H,19,21). The zero-order valence-corrected chi connectivity index (χ0v) is 14.0. The molecule has 2 heterocycles. The maximum atomic E-state index is 11.4. The Balaban J connectivity index is 1.58. The molecule has 1 amide bonds. The van der Waals surface area contributed by atoms with Gasteiger partial charge in [0.05, 0.1) is 0 Å². The minimum atomic E-state index is 0.227. The fraction of sp³-hybridized carbons (Fsp3) is 0.588. The van der Waals surface area contributed by atoms with Gasteiger partial charge in [0.15, 0.2) is 0 Å². The van der Waals surface area contributed by atoms with E-state index in [2.05, 4.69) is 44.3 Å². The molecule has 0 bridgehead atoms. The summed E-state index contributed by atoms with van der Waals surface area (Å²) in [7, 11) is 0. The Bertz CT molecular complexity index is 518. The highest BCUT2D eigenvalue weighted by atomic mass is 79.9. The number of nitrogens with one attached hydrogen (secondary N) is 1. The second-order valence-corrected chi connectivity index (χ2v) is 7.17. The summed E-state index contributed by atoms with van der Waals surface area (Å²) in [4.78, 5) is 14.0. The van der Waals surface area contributed by atoms with Crippen molar-refractivity contribution in [2.24, 2.45) is 5.92 Å². The Morgan fingerprint density at radius 1 is 1.14 bits per heavy atom. The average molecular weight is 351 g/mol. The van der Waals surface area contributed by atoms with Crippen LogP contribution in [0.2, 0.25) is 0 Å². The van der Waals surface area contributed by atoms with Crippen molar-refractivity contribution in [1.82, 2.24) is 10.2 Å². The molecule has 3 rings (SSSR count). The predicted octanol–water partition coefficient (Wildman–Crippen LogP) is 2.77. The van der Waals surface area contributed by atoms with Crippen LogP contribution in [0.5, 0.6) is 0 Å². The number of amides is 1. The third kappa shape index (κ3) is 4.07. The number of hydrogen-bond donors (Lipinski definition) is 1. The maximum Gasteiger partial charge on any atom is 0.220 e. The van der Waals surface area contributed by atoms with Gasteiger partial charge in [0, 0.05) is 37.1 Å². The van der Waals surface area contributed by atoms with E-state index in [1.54, 1.807) is 0 Å². The monoisotopic (exact) mass is 350 g/mol. The lowest BCUT2D eigenvalue weighted by Gasteiger charge is -2.25. The van der Waals surface area contributed by atoms with Crippen molar-refractivity contribution < 1.29 is 4.79 Å². The summed E-state index contributed by atoms with van der Waals surface area (Å²) in [5, 5.41) is 2.98. The Labute approximate surface area is 135 Å². The van der Waals surface area contributed by atoms with Gasteiger partial charge in [-0.2, -0.15) is 0 Å². The van der Waals surface area contributed by atoms with Crippen LogP contribution in [0, 0.1) is 5.92 Å². The fourth-order valence-electron chi connectivity index (χ4n) is 3.45. The predicted molar refractivity (Wildman–Crippen MR) is 88.3 cm³/mol. The summed E-state index contributed by atoms with van der Waals surface area (Å²) in [5.41, 5.74) is 2.99. The van der Waals surface area contributed by atoms with E-state index in [1.165, 1.54) is 15.6 Å². The lowest BCUT2D eigenvalue weighted by Crippen LogP contribution is -2.32. The van der Waals surface area contributed by atoms with E-state index in [1.807, 2.05) is 0 Å². The highest BCUT2D eigenvalue weighted by Crippen LogP contribution is 2.22. The molecule has 1 atom stereocenters. The molecular formula is C17H23BrN2O. The smallest absolute Gasteiger partial charge is 0.220 e. The Hall–Kier alpha value is -0.870. The molecule has 2 aliphatic heterocycles. The lowest BCUT2D eigenvalue weighted by atomic mass is 10.00. The number of carbonyl (C=O) groups is 1. The zero-order valence-electron chi connectivity index (χ0n) is 12.4. The van der Waals surface area contributed by atoms with Crippen molar-refractivity contribution in [2.75, 3.05) is 26.2 Å². The number of benzene rings is 1. The van der Waals surface area contributed by atoms with Crippen LogP contribution in [0.1, 0.15) is 30.4 Å². The van der Waals surface area contributed by atoms with Gasteiger partial charge in [0.1, 0.15) is 0 Å². The van der Waals surface area contributed by atoms with Crippen LogP contribution in [-0.4, -0.2) is 37.0 Å². The van der Waals surface area contributed by atoms with Gasteiger partial charge in [0.2, 0.25) is 5.91 Å². The molecule has 3 nitrogen and oxygen atoms in total. The fourth-order valence-corrected chi connectivity index (χ4v) is 3.86. The van der Waals surface area contributed by atoms with Gasteiger partial charge in [-0.3, -0.25) is 4.79 Å². The minimum Gasteiger partial charge on any atom is -0.356 e. The molecular weight excluding hydrogens is 328 g/mol. The number of fused-ring (bicyclic) bond motifs is 1. The first kappa shape index (κ1) is 15.0. The normalized spacial score (nSPS) is 23.9. The van der Waals surface area contributed by atoms with Gasteiger partial charge in [-0.15, -0.1) is 0 Å². The molecule has 0 saturated carbocycles. The van der Waals surface area contributed by atoms with Crippen molar-refractivity contribution in [3.8, 4) is 0 Å². The first-order chi connectivity index (χ1) is 10.2. The molecule has 1 N–H and O–H groups in total. The van der Waals surface area contributed by atoms with Gasteiger partial charge >= 0.3 is 0 Å². The molecule has 2 aliphatic rings. The van der Waals surface area contributed by atoms with E-state index in [0.717, 1.165) is 51.9 Å². The van der Waals surface area contributed by atoms with Crippen molar-refractivity contribution in [2.45, 2.75) is 32.1 Å². The van der Waals surface area contributed by atoms with E-state index in [-0.39, 0.29) is 5.91 Å². The number of halogens is 1. The molecule has 4 heteroatoms. The van der Waals surface area contributed by atoms with Gasteiger partial charge in [-0.1, -0.05) is 22.0 Å². The number of rotatable bonds is 2. The molecule has 21 heavy (non-hydrogen) atoms. The Kier molecular flexibility index (Phi) is 4.96. The van der Waals surface area contributed by atoms with Crippen LogP contribution in [0.25, 0.3) is 0 Å². The molecule has 0 radical (unpaired) electrons. The van der Waals surface area contributed by atoms with Gasteiger partial charge < -0.3 is 10.2 Å². The van der Waals surface area contributed by atoms with Crippen molar-refractivity contribution in [3.63, 3.8) is 0 Å². The summed E-state index contributed by atoms with van der Waals surface area (Å²) in [6.07, 6.45) is 5.15. The molecule has 1 unspecified atom stereocenters. The van der Waals surface area contributed by atoms with Crippen molar-refractivity contribution in [3.05, 3.63) is 33.8 Å². The van der Waals surface area contributed by atoms with Crippen LogP contribution in [-0.2, 0) is 17.6 Å². The highest BCUT2D eigenvalue weighted by Gasteiger charge is 2.20. The molecule has 1 saturated heterocycles. The summed E-state index contributed by atoms with van der Waals surface area (Å²) in [5.74, 6) is 0.891. The summed E-state index contributed by atoms with van der Waals surface area (Å²) >= 11 is 3.57. The van der Waals surface area contributed by atoms with Crippen LogP contribution in [0.15, 0.2) is 22.7 Å². The SMILES string of the molecule is O=C1CCC(CN2CCc3ccc(Br)cc3CC2)CCN1. The van der Waals surface area contributed by atoms with Gasteiger partial charge in [-0.05, 0) is 54.9 Å². The third-order valence-electron chi connectivity index (χ3n) is 4.73. The quantitative estimate of drug-likeness (QED) is 0.889. The topological polar surface area (TPSA) is 32.3 Å². The van der Waals surface area contributed by atoms with E-state index >= 15 is 0 Å². The van der Waals surface area contributed by atoms with Crippen LogP contribution in [0.3, 0.4) is 0 Å². The first-order valence-electron chi connectivity index (χ1n) is 7.97. The molecule has 0 spiro atoms. The Morgan fingerprint density at radius 3 is 2.81 bits per heavy atom. The molecule has 1 aromatic rings. The third-order valence-corrected chi connectivity index (χ3v) is 5.23.